The zero-order chi connectivity index (χ0) is 15.7. The second-order valence-corrected chi connectivity index (χ2v) is 6.50. The van der Waals surface area contributed by atoms with Gasteiger partial charge in [0.15, 0.2) is 0 Å². The van der Waals surface area contributed by atoms with Crippen LogP contribution in [-0.4, -0.2) is 49.6 Å². The summed E-state index contributed by atoms with van der Waals surface area (Å²) in [6.45, 7) is 13.9. The molecule has 0 saturated carbocycles. The Labute approximate surface area is 132 Å². The van der Waals surface area contributed by atoms with E-state index in [0.29, 0.717) is 11.9 Å². The van der Waals surface area contributed by atoms with E-state index in [-0.39, 0.29) is 7.34 Å². The van der Waals surface area contributed by atoms with Gasteiger partial charge in [0.05, 0.1) is 0 Å². The van der Waals surface area contributed by atoms with Crippen molar-refractivity contribution in [3.63, 3.8) is 0 Å². The van der Waals surface area contributed by atoms with Gasteiger partial charge >= 0.3 is 0 Å². The Morgan fingerprint density at radius 1 is 1.19 bits per heavy atom. The van der Waals surface area contributed by atoms with Gasteiger partial charge in [0.25, 0.3) is 0 Å². The van der Waals surface area contributed by atoms with E-state index >= 15 is 0 Å². The van der Waals surface area contributed by atoms with Crippen molar-refractivity contribution in [1.82, 2.24) is 15.5 Å². The SMILES string of the molecule is CC.CC(C)CN1CCC(C(=O)NC2CCNCC2)CC1.[HH]. The number of carbonyl (C=O) groups excluding carboxylic acids is 1. The molecule has 2 heterocycles. The van der Waals surface area contributed by atoms with E-state index in [9.17, 15) is 4.79 Å². The third-order valence-electron chi connectivity index (χ3n) is 4.27. The molecule has 0 aliphatic carbocycles. The molecule has 0 radical (unpaired) electrons. The fourth-order valence-electron chi connectivity index (χ4n) is 3.18. The summed E-state index contributed by atoms with van der Waals surface area (Å²) in [6, 6.07) is 0.405. The lowest BCUT2D eigenvalue weighted by Crippen LogP contribution is -2.47. The topological polar surface area (TPSA) is 44.4 Å². The number of nitrogens with one attached hydrogen (secondary N) is 2. The average Bonchev–Trinajstić information content (AvgIpc) is 2.50. The zero-order valence-electron chi connectivity index (χ0n) is 14.5. The van der Waals surface area contributed by atoms with E-state index in [1.807, 2.05) is 13.8 Å². The molecule has 0 aromatic heterocycles. The normalized spacial score (nSPS) is 21.8. The summed E-state index contributed by atoms with van der Waals surface area (Å²) in [5.74, 6) is 1.27. The van der Waals surface area contributed by atoms with E-state index in [1.54, 1.807) is 0 Å². The van der Waals surface area contributed by atoms with Crippen molar-refractivity contribution in [2.45, 2.75) is 59.4 Å². The summed E-state index contributed by atoms with van der Waals surface area (Å²) in [5.41, 5.74) is 0. The third kappa shape index (κ3) is 6.79. The first-order valence-corrected chi connectivity index (χ1v) is 8.88. The summed E-state index contributed by atoms with van der Waals surface area (Å²) in [7, 11) is 0. The van der Waals surface area contributed by atoms with Gasteiger partial charge in [-0.05, 0) is 57.8 Å². The summed E-state index contributed by atoms with van der Waals surface area (Å²) in [5, 5.41) is 6.58. The molecule has 0 aromatic carbocycles. The first-order chi connectivity index (χ1) is 10.1. The van der Waals surface area contributed by atoms with Crippen LogP contribution in [0.4, 0.5) is 0 Å². The smallest absolute Gasteiger partial charge is 0.223 e. The van der Waals surface area contributed by atoms with E-state index in [2.05, 4.69) is 29.4 Å². The number of carbonyl (C=O) groups is 1. The van der Waals surface area contributed by atoms with Crippen LogP contribution in [0.1, 0.15) is 54.8 Å². The predicted molar refractivity (Wildman–Crippen MR) is 91.5 cm³/mol. The monoisotopic (exact) mass is 299 g/mol. The molecule has 2 N–H and O–H groups in total. The summed E-state index contributed by atoms with van der Waals surface area (Å²) >= 11 is 0. The number of hydrogen-bond donors (Lipinski definition) is 2. The Balaban J connectivity index is 0.00000141. The molecule has 2 saturated heterocycles. The zero-order valence-corrected chi connectivity index (χ0v) is 14.5. The fraction of sp³-hybridized carbons (Fsp3) is 0.941. The molecule has 0 bridgehead atoms. The number of hydrogen-bond acceptors (Lipinski definition) is 3. The molecule has 4 nitrogen and oxygen atoms in total. The fourth-order valence-corrected chi connectivity index (χ4v) is 3.18. The number of rotatable bonds is 4. The van der Waals surface area contributed by atoms with E-state index < -0.39 is 0 Å². The maximum atomic E-state index is 12.2. The molecule has 0 atom stereocenters. The molecule has 2 fully saturated rings. The van der Waals surface area contributed by atoms with Crippen molar-refractivity contribution in [2.75, 3.05) is 32.7 Å². The minimum absolute atomic E-state index is 0. The molecular formula is C17H37N3O. The van der Waals surface area contributed by atoms with Crippen LogP contribution >= 0.6 is 0 Å². The molecule has 0 spiro atoms. The van der Waals surface area contributed by atoms with Gasteiger partial charge < -0.3 is 15.5 Å². The third-order valence-corrected chi connectivity index (χ3v) is 4.27. The number of likely N-dealkylation sites (tertiary alicyclic amines) is 1. The van der Waals surface area contributed by atoms with Crippen molar-refractivity contribution in [2.24, 2.45) is 11.8 Å². The highest BCUT2D eigenvalue weighted by molar-refractivity contribution is 5.79. The summed E-state index contributed by atoms with van der Waals surface area (Å²) in [4.78, 5) is 14.7. The Hall–Kier alpha value is -0.610. The van der Waals surface area contributed by atoms with Gasteiger partial charge in [-0.1, -0.05) is 27.7 Å². The van der Waals surface area contributed by atoms with Crippen molar-refractivity contribution >= 4 is 5.91 Å². The molecule has 0 unspecified atom stereocenters. The van der Waals surface area contributed by atoms with Gasteiger partial charge in [-0.3, -0.25) is 4.79 Å². The van der Waals surface area contributed by atoms with E-state index in [4.69, 9.17) is 0 Å². The highest BCUT2D eigenvalue weighted by atomic mass is 16.1. The number of piperidine rings is 2. The lowest BCUT2D eigenvalue weighted by atomic mass is 9.94. The molecule has 0 aromatic rings. The van der Waals surface area contributed by atoms with Crippen LogP contribution < -0.4 is 10.6 Å². The van der Waals surface area contributed by atoms with Crippen molar-refractivity contribution in [3.05, 3.63) is 0 Å². The lowest BCUT2D eigenvalue weighted by molar-refractivity contribution is -0.127. The first-order valence-electron chi connectivity index (χ1n) is 8.88. The standard InChI is InChI=1S/C15H29N3O.C2H6.H2/c1-12(2)11-18-9-5-13(6-10-18)15(19)17-14-3-7-16-8-4-14;1-2;/h12-14,16H,3-11H2,1-2H3,(H,17,19);1-2H3;1H. The minimum atomic E-state index is 0. The maximum absolute atomic E-state index is 12.2. The average molecular weight is 300 g/mol. The van der Waals surface area contributed by atoms with Crippen molar-refractivity contribution < 1.29 is 6.22 Å². The Bertz CT molecular complexity index is 286. The highest BCUT2D eigenvalue weighted by Crippen LogP contribution is 2.19. The molecule has 2 aliphatic heterocycles. The van der Waals surface area contributed by atoms with Crippen LogP contribution in [0, 0.1) is 11.8 Å². The maximum Gasteiger partial charge on any atom is 0.223 e. The quantitative estimate of drug-likeness (QED) is 0.838. The molecule has 1 amide bonds. The molecular weight excluding hydrogens is 262 g/mol. The molecule has 2 rings (SSSR count). The van der Waals surface area contributed by atoms with Gasteiger partial charge in [0.1, 0.15) is 0 Å². The molecule has 4 heteroatoms. The molecule has 21 heavy (non-hydrogen) atoms. The predicted octanol–water partition coefficient (Wildman–Crippen LogP) is 2.49. The second kappa shape index (κ2) is 10.2. The molecule has 2 aliphatic rings. The van der Waals surface area contributed by atoms with Crippen LogP contribution in [0.15, 0.2) is 0 Å². The van der Waals surface area contributed by atoms with Gasteiger partial charge in [0.2, 0.25) is 5.91 Å². The first kappa shape index (κ1) is 18.4. The van der Waals surface area contributed by atoms with Gasteiger partial charge in [-0.2, -0.15) is 0 Å². The minimum Gasteiger partial charge on any atom is -0.353 e. The number of nitrogens with zero attached hydrogens (tertiary/aromatic N) is 1. The van der Waals surface area contributed by atoms with E-state index in [1.165, 1.54) is 6.54 Å². The van der Waals surface area contributed by atoms with Crippen LogP contribution in [0.3, 0.4) is 0 Å². The van der Waals surface area contributed by atoms with Crippen molar-refractivity contribution in [3.8, 4) is 0 Å². The summed E-state index contributed by atoms with van der Waals surface area (Å²) < 4.78 is 0. The van der Waals surface area contributed by atoms with Crippen LogP contribution in [-0.2, 0) is 4.79 Å². The highest BCUT2D eigenvalue weighted by Gasteiger charge is 2.26. The van der Waals surface area contributed by atoms with Crippen molar-refractivity contribution in [1.29, 1.82) is 0 Å². The number of amides is 1. The van der Waals surface area contributed by atoms with Crippen LogP contribution in [0.25, 0.3) is 0 Å². The largest absolute Gasteiger partial charge is 0.353 e. The summed E-state index contributed by atoms with van der Waals surface area (Å²) in [6.07, 6.45) is 4.23. The second-order valence-electron chi connectivity index (χ2n) is 6.50. The van der Waals surface area contributed by atoms with Gasteiger partial charge in [-0.15, -0.1) is 0 Å². The lowest BCUT2D eigenvalue weighted by Gasteiger charge is -2.33. The van der Waals surface area contributed by atoms with Gasteiger partial charge in [-0.25, -0.2) is 0 Å². The van der Waals surface area contributed by atoms with Crippen LogP contribution in [0.5, 0.6) is 0 Å². The Morgan fingerprint density at radius 3 is 2.29 bits per heavy atom. The Morgan fingerprint density at radius 2 is 1.76 bits per heavy atom. The van der Waals surface area contributed by atoms with Crippen LogP contribution in [0.2, 0.25) is 0 Å². The molecule has 126 valence electrons. The van der Waals surface area contributed by atoms with E-state index in [0.717, 1.165) is 57.8 Å². The van der Waals surface area contributed by atoms with Gasteiger partial charge in [0, 0.05) is 19.9 Å². The Kier molecular flexibility index (Phi) is 8.93.